The molecule has 0 bridgehead atoms. The van der Waals surface area contributed by atoms with Gasteiger partial charge in [0.05, 0.1) is 10.3 Å². The zero-order valence-electron chi connectivity index (χ0n) is 16.3. The molecule has 0 spiro atoms. The molecule has 0 aliphatic rings. The number of sulfonamides is 1. The van der Waals surface area contributed by atoms with E-state index in [4.69, 9.17) is 0 Å². The van der Waals surface area contributed by atoms with Crippen molar-refractivity contribution in [2.24, 2.45) is 0 Å². The fourth-order valence-corrected chi connectivity index (χ4v) is 3.51. The number of benzene rings is 3. The summed E-state index contributed by atoms with van der Waals surface area (Å²) in [5.41, 5.74) is 2.13. The van der Waals surface area contributed by atoms with Gasteiger partial charge in [-0.2, -0.15) is 0 Å². The Labute approximate surface area is 179 Å². The number of rotatable bonds is 8. The molecule has 0 radical (unpaired) electrons. The minimum Gasteiger partial charge on any atom is -0.348 e. The van der Waals surface area contributed by atoms with E-state index in [9.17, 15) is 23.3 Å². The van der Waals surface area contributed by atoms with E-state index >= 15 is 0 Å². The van der Waals surface area contributed by atoms with Gasteiger partial charge >= 0.3 is 0 Å². The van der Waals surface area contributed by atoms with Crippen LogP contribution >= 0.6 is 0 Å². The Kier molecular flexibility index (Phi) is 6.78. The van der Waals surface area contributed by atoms with Crippen molar-refractivity contribution in [3.63, 3.8) is 0 Å². The summed E-state index contributed by atoms with van der Waals surface area (Å²) >= 11 is 0. The molecule has 0 heterocycles. The van der Waals surface area contributed by atoms with Gasteiger partial charge in [0.15, 0.2) is 0 Å². The molecule has 9 heteroatoms. The normalized spacial score (nSPS) is 11.2. The van der Waals surface area contributed by atoms with E-state index in [-0.39, 0.29) is 18.1 Å². The van der Waals surface area contributed by atoms with Crippen LogP contribution in [0, 0.1) is 10.1 Å². The number of hydrogen-bond acceptors (Lipinski definition) is 5. The maximum atomic E-state index is 12.3. The molecule has 0 atom stereocenters. The second-order valence-electron chi connectivity index (χ2n) is 6.54. The summed E-state index contributed by atoms with van der Waals surface area (Å²) < 4.78 is 26.8. The lowest BCUT2D eigenvalue weighted by molar-refractivity contribution is -0.384. The Morgan fingerprint density at radius 1 is 0.935 bits per heavy atom. The fourth-order valence-electron chi connectivity index (χ4n) is 2.64. The third-order valence-electron chi connectivity index (χ3n) is 4.25. The van der Waals surface area contributed by atoms with E-state index in [1.165, 1.54) is 42.5 Å². The van der Waals surface area contributed by atoms with Gasteiger partial charge in [0.25, 0.3) is 21.6 Å². The van der Waals surface area contributed by atoms with Crippen LogP contribution in [0.3, 0.4) is 0 Å². The van der Waals surface area contributed by atoms with Crippen LogP contribution in [-0.4, -0.2) is 19.2 Å². The maximum Gasteiger partial charge on any atom is 0.269 e. The van der Waals surface area contributed by atoms with Crippen molar-refractivity contribution < 1.29 is 18.1 Å². The molecule has 3 aromatic carbocycles. The zero-order valence-corrected chi connectivity index (χ0v) is 17.1. The second kappa shape index (κ2) is 9.68. The Hall–Kier alpha value is -3.98. The standard InChI is InChI=1S/C22H19N3O5S/c26-22(23-16-18-6-12-21(13-7-18)25(27)28)19-8-10-20(11-9-19)24-31(29,30)15-14-17-4-2-1-3-5-17/h1-15,24H,16H2,(H,23,26)/b15-14+. The summed E-state index contributed by atoms with van der Waals surface area (Å²) in [4.78, 5) is 22.5. The molecule has 158 valence electrons. The van der Waals surface area contributed by atoms with Crippen molar-refractivity contribution >= 4 is 33.4 Å². The lowest BCUT2D eigenvalue weighted by Gasteiger charge is -2.08. The highest BCUT2D eigenvalue weighted by Gasteiger charge is 2.09. The SMILES string of the molecule is O=C(NCc1ccc([N+](=O)[O-])cc1)c1ccc(NS(=O)(=O)/C=C/c2ccccc2)cc1. The highest BCUT2D eigenvalue weighted by atomic mass is 32.2. The summed E-state index contributed by atoms with van der Waals surface area (Å²) in [6, 6.07) is 20.9. The van der Waals surface area contributed by atoms with Gasteiger partial charge in [0.2, 0.25) is 0 Å². The Bertz CT molecular complexity index is 1190. The molecule has 0 saturated heterocycles. The largest absolute Gasteiger partial charge is 0.348 e. The lowest BCUT2D eigenvalue weighted by atomic mass is 10.1. The maximum absolute atomic E-state index is 12.3. The average molecular weight is 437 g/mol. The summed E-state index contributed by atoms with van der Waals surface area (Å²) in [7, 11) is -3.70. The lowest BCUT2D eigenvalue weighted by Crippen LogP contribution is -2.22. The van der Waals surface area contributed by atoms with Crippen LogP contribution in [-0.2, 0) is 16.6 Å². The monoisotopic (exact) mass is 437 g/mol. The first-order valence-corrected chi connectivity index (χ1v) is 10.7. The predicted octanol–water partition coefficient (Wildman–Crippen LogP) is 3.94. The summed E-state index contributed by atoms with van der Waals surface area (Å²) in [5.74, 6) is -0.350. The van der Waals surface area contributed by atoms with Crippen molar-refractivity contribution in [1.82, 2.24) is 5.32 Å². The van der Waals surface area contributed by atoms with Gasteiger partial charge < -0.3 is 5.32 Å². The van der Waals surface area contributed by atoms with Crippen molar-refractivity contribution in [3.8, 4) is 0 Å². The van der Waals surface area contributed by atoms with Crippen LogP contribution < -0.4 is 10.0 Å². The van der Waals surface area contributed by atoms with Gasteiger partial charge in [0, 0.05) is 29.9 Å². The van der Waals surface area contributed by atoms with Crippen LogP contribution in [0.1, 0.15) is 21.5 Å². The molecule has 0 aliphatic carbocycles. The van der Waals surface area contributed by atoms with Gasteiger partial charge in [-0.05, 0) is 41.5 Å². The van der Waals surface area contributed by atoms with E-state index in [0.717, 1.165) is 11.0 Å². The first-order chi connectivity index (χ1) is 14.8. The molecule has 0 aromatic heterocycles. The third kappa shape index (κ3) is 6.51. The van der Waals surface area contributed by atoms with Gasteiger partial charge in [-0.1, -0.05) is 42.5 Å². The van der Waals surface area contributed by atoms with Crippen LogP contribution in [0.15, 0.2) is 84.3 Å². The number of carbonyl (C=O) groups is 1. The molecule has 31 heavy (non-hydrogen) atoms. The van der Waals surface area contributed by atoms with Crippen LogP contribution in [0.25, 0.3) is 6.08 Å². The Morgan fingerprint density at radius 3 is 2.19 bits per heavy atom. The zero-order chi connectivity index (χ0) is 22.3. The van der Waals surface area contributed by atoms with Gasteiger partial charge in [-0.15, -0.1) is 0 Å². The average Bonchev–Trinajstić information content (AvgIpc) is 2.77. The minimum atomic E-state index is -3.70. The molecule has 3 rings (SSSR count). The van der Waals surface area contributed by atoms with Crippen molar-refractivity contribution in [3.05, 3.63) is 111 Å². The number of nitro benzene ring substituents is 1. The molecule has 0 saturated carbocycles. The van der Waals surface area contributed by atoms with Gasteiger partial charge in [-0.3, -0.25) is 19.6 Å². The van der Waals surface area contributed by atoms with E-state index in [1.54, 1.807) is 24.3 Å². The molecule has 2 N–H and O–H groups in total. The molecule has 3 aromatic rings. The molecular weight excluding hydrogens is 418 g/mol. The molecule has 0 aliphatic heterocycles. The van der Waals surface area contributed by atoms with Crippen molar-refractivity contribution in [2.75, 3.05) is 4.72 Å². The van der Waals surface area contributed by atoms with Crippen molar-refractivity contribution in [1.29, 1.82) is 0 Å². The highest BCUT2D eigenvalue weighted by molar-refractivity contribution is 7.95. The Morgan fingerprint density at radius 2 is 1.58 bits per heavy atom. The predicted molar refractivity (Wildman–Crippen MR) is 119 cm³/mol. The van der Waals surface area contributed by atoms with Crippen LogP contribution in [0.4, 0.5) is 11.4 Å². The molecule has 0 fully saturated rings. The third-order valence-corrected chi connectivity index (χ3v) is 5.26. The first kappa shape index (κ1) is 21.7. The molecule has 8 nitrogen and oxygen atoms in total. The number of nitrogens with one attached hydrogen (secondary N) is 2. The number of carbonyl (C=O) groups excluding carboxylic acids is 1. The fraction of sp³-hybridized carbons (Fsp3) is 0.0455. The number of amides is 1. The summed E-state index contributed by atoms with van der Waals surface area (Å²) in [5, 5.41) is 14.5. The van der Waals surface area contributed by atoms with Gasteiger partial charge in [-0.25, -0.2) is 8.42 Å². The topological polar surface area (TPSA) is 118 Å². The van der Waals surface area contributed by atoms with Crippen molar-refractivity contribution in [2.45, 2.75) is 6.54 Å². The number of anilines is 1. The summed E-state index contributed by atoms with van der Waals surface area (Å²) in [6.07, 6.45) is 1.49. The van der Waals surface area contributed by atoms with Crippen LogP contribution in [0.2, 0.25) is 0 Å². The van der Waals surface area contributed by atoms with Gasteiger partial charge in [0.1, 0.15) is 0 Å². The second-order valence-corrected chi connectivity index (χ2v) is 8.11. The quantitative estimate of drug-likeness (QED) is 0.409. The van der Waals surface area contributed by atoms with E-state index in [2.05, 4.69) is 10.0 Å². The van der Waals surface area contributed by atoms with E-state index < -0.39 is 14.9 Å². The number of nitro groups is 1. The van der Waals surface area contributed by atoms with E-state index in [0.29, 0.717) is 16.8 Å². The number of non-ortho nitro benzene ring substituents is 1. The molecule has 0 unspecified atom stereocenters. The first-order valence-electron chi connectivity index (χ1n) is 9.20. The van der Waals surface area contributed by atoms with E-state index in [1.807, 2.05) is 18.2 Å². The number of nitrogens with zero attached hydrogens (tertiary/aromatic N) is 1. The Balaban J connectivity index is 1.57. The summed E-state index contributed by atoms with van der Waals surface area (Å²) in [6.45, 7) is 0.204. The molecule has 1 amide bonds. The molecular formula is C22H19N3O5S. The highest BCUT2D eigenvalue weighted by Crippen LogP contribution is 2.14. The minimum absolute atomic E-state index is 0.0215. The van der Waals surface area contributed by atoms with Crippen LogP contribution in [0.5, 0.6) is 0 Å². The smallest absolute Gasteiger partial charge is 0.269 e. The number of hydrogen-bond donors (Lipinski definition) is 2.